The largest absolute Gasteiger partial charge is 0.524 e. The van der Waals surface area contributed by atoms with Gasteiger partial charge < -0.3 is 73.9 Å². The van der Waals surface area contributed by atoms with Gasteiger partial charge >= 0.3 is 59.7 Å². The number of rotatable bonds is 40. The lowest BCUT2D eigenvalue weighted by molar-refractivity contribution is -0.152. The van der Waals surface area contributed by atoms with E-state index in [4.69, 9.17) is 57.8 Å². The third kappa shape index (κ3) is 30.8. The predicted octanol–water partition coefficient (Wildman–Crippen LogP) is 12.7. The van der Waals surface area contributed by atoms with Crippen LogP contribution in [0.25, 0.3) is 16.6 Å². The maximum Gasteiger partial charge on any atom is 0.524 e. The summed E-state index contributed by atoms with van der Waals surface area (Å²) in [6.45, 7) is 18.7. The Labute approximate surface area is 833 Å². The van der Waals surface area contributed by atoms with E-state index in [-0.39, 0.29) is 96.6 Å². The monoisotopic (exact) mass is 2070 g/mol. The standard InChI is InChI=1S/C32H35N6O10P.C32H37N6O10P.C31H35N6O10P/c1-4-13-37(32(42)47-18-46-27(39)14-21-6-11-24(12-7-21)48-49(43,44)45)31(41)25-16-38-28(20(25)3)29(33-17-34-38)36-26-15-22(8-5-19(26)2)30(40)35-23-9-10-23;1-5-13-33-30(40)23-10-7-20(3)26(16-23)36-29-28-21(4)25(17-38(28)35-18-34-29)31(41)37(14-6-2)32(42)47-19-46-27(39)15-22-8-11-24(12-9-22)48-49(43,44)45;1-5-13-36(31(41)46-18-45-26(38)14-21-8-11-23(12-9-21)47-48(42,43)44)30(40)24-16-37-27(20(24)4)28(33-17-34-37)35-25-15-22(10-7-19(25)3)29(39)32-6-2/h5-8,11-12,15-17,23H,4,9-10,13-14,18H2,1-3H3,(H,35,40)(H,33,34,36)(H2,43,44,45);7-12,16-18H,5-6,13-15,19H2,1-4H3,(H,33,40)(H,34,35,36)(H2,43,44,45);7-12,15-17H,5-6,13-14,18H2,1-4H3,(H,32,39)(H,33,34,35)(H2,42,43,44). The van der Waals surface area contributed by atoms with Crippen LogP contribution in [-0.4, -0.2) is 219 Å². The summed E-state index contributed by atoms with van der Waals surface area (Å²) >= 11 is 0. The number of nitrogens with zero attached hydrogens (tertiary/aromatic N) is 12. The number of hydrogen-bond donors (Lipinski definition) is 12. The summed E-state index contributed by atoms with van der Waals surface area (Å²) in [6, 6.07) is 32.2. The van der Waals surface area contributed by atoms with Crippen LogP contribution in [0.1, 0.15) is 185 Å². The number of fused-ring (bicyclic) bond motifs is 3. The summed E-state index contributed by atoms with van der Waals surface area (Å²) in [5.74, 6) is -3.92. The lowest BCUT2D eigenvalue weighted by atomic mass is 10.1. The number of aromatic nitrogens is 9. The van der Waals surface area contributed by atoms with E-state index in [1.807, 2.05) is 52.8 Å². The zero-order chi connectivity index (χ0) is 106. The predicted molar refractivity (Wildman–Crippen MR) is 522 cm³/mol. The maximum atomic E-state index is 13.7. The van der Waals surface area contributed by atoms with Crippen molar-refractivity contribution in [2.75, 3.05) is 69.1 Å². The molecule has 0 atom stereocenters. The second-order valence-corrected chi connectivity index (χ2v) is 36.2. The van der Waals surface area contributed by atoms with Crippen LogP contribution in [0.15, 0.2) is 165 Å². The van der Waals surface area contributed by atoms with E-state index in [0.29, 0.717) is 133 Å². The quantitative estimate of drug-likeness (QED) is 0.00734. The van der Waals surface area contributed by atoms with Crippen molar-refractivity contribution in [3.8, 4) is 17.2 Å². The summed E-state index contributed by atoms with van der Waals surface area (Å²) in [7, 11) is -14.2. The Balaban J connectivity index is 0.000000208. The number of carbonyl (C=O) groups is 12. The Morgan fingerprint density at radius 2 is 0.664 bits per heavy atom. The van der Waals surface area contributed by atoms with Crippen LogP contribution in [0.4, 0.5) is 48.9 Å². The number of nitrogens with one attached hydrogen (secondary N) is 6. The van der Waals surface area contributed by atoms with Crippen molar-refractivity contribution in [1.29, 1.82) is 0 Å². The number of carbonyl (C=O) groups excluding carboxylic acids is 12. The summed E-state index contributed by atoms with van der Waals surface area (Å²) < 4.78 is 81.0. The molecule has 9 amide bonds. The van der Waals surface area contributed by atoms with Gasteiger partial charge in [-0.1, -0.05) is 82.3 Å². The summed E-state index contributed by atoms with van der Waals surface area (Å²) in [4.78, 5) is 224. The number of phosphoric acid groups is 3. The van der Waals surface area contributed by atoms with Gasteiger partial charge in [0.2, 0.25) is 20.4 Å². The zero-order valence-corrected chi connectivity index (χ0v) is 83.6. The molecular formula is C95H107N18O30P3. The molecule has 0 spiro atoms. The molecule has 13 rings (SSSR count). The average Bonchev–Trinajstić information content (AvgIpc) is 1.63. The third-order valence-corrected chi connectivity index (χ3v) is 23.0. The van der Waals surface area contributed by atoms with Gasteiger partial charge in [-0.2, -0.15) is 15.3 Å². The number of benzene rings is 6. The van der Waals surface area contributed by atoms with Crippen molar-refractivity contribution >= 4 is 146 Å². The van der Waals surface area contributed by atoms with E-state index in [1.54, 1.807) is 77.9 Å². The lowest BCUT2D eigenvalue weighted by Crippen LogP contribution is -2.38. The molecule has 6 heterocycles. The first-order valence-corrected chi connectivity index (χ1v) is 50.0. The third-order valence-electron chi connectivity index (χ3n) is 21.6. The average molecular weight is 2070 g/mol. The minimum Gasteiger partial charge on any atom is -0.428 e. The normalized spacial score (nSPS) is 11.7. The van der Waals surface area contributed by atoms with Gasteiger partial charge in [0.25, 0.3) is 35.4 Å². The minimum absolute atomic E-state index is 0.0167. The number of esters is 3. The van der Waals surface area contributed by atoms with Crippen molar-refractivity contribution < 1.29 is 143 Å². The summed E-state index contributed by atoms with van der Waals surface area (Å²) in [5, 5.41) is 31.1. The van der Waals surface area contributed by atoms with Crippen LogP contribution in [-0.2, 0) is 75.8 Å². The highest BCUT2D eigenvalue weighted by molar-refractivity contribution is 7.47. The van der Waals surface area contributed by atoms with Crippen LogP contribution in [0.3, 0.4) is 0 Å². The van der Waals surface area contributed by atoms with Crippen molar-refractivity contribution in [1.82, 2.24) is 74.4 Å². The Morgan fingerprint density at radius 1 is 0.377 bits per heavy atom. The van der Waals surface area contributed by atoms with E-state index in [1.165, 1.54) is 124 Å². The van der Waals surface area contributed by atoms with Crippen molar-refractivity contribution in [3.63, 3.8) is 0 Å². The Hall–Kier alpha value is -15.9. The molecule has 0 bridgehead atoms. The van der Waals surface area contributed by atoms with Crippen molar-refractivity contribution in [2.24, 2.45) is 0 Å². The van der Waals surface area contributed by atoms with Crippen LogP contribution in [0.2, 0.25) is 0 Å². The second-order valence-electron chi connectivity index (χ2n) is 32.7. The molecule has 6 aromatic carbocycles. The Kier molecular flexibility index (Phi) is 38.1. The second kappa shape index (κ2) is 50.3. The maximum absolute atomic E-state index is 13.7. The van der Waals surface area contributed by atoms with Crippen LogP contribution in [0.5, 0.6) is 17.2 Å². The van der Waals surface area contributed by atoms with Crippen LogP contribution < -0.4 is 45.5 Å². The highest BCUT2D eigenvalue weighted by atomic mass is 31.2. The summed E-state index contributed by atoms with van der Waals surface area (Å²) in [5.41, 5.74) is 10.7. The van der Waals surface area contributed by atoms with Gasteiger partial charge in [0.15, 0.2) is 17.5 Å². The number of imide groups is 3. The van der Waals surface area contributed by atoms with Gasteiger partial charge in [-0.15, -0.1) is 0 Å². The highest BCUT2D eigenvalue weighted by Gasteiger charge is 2.34. The fraction of sp³-hybridized carbons (Fsp3) is 0.305. The van der Waals surface area contributed by atoms with E-state index in [0.717, 1.165) is 50.7 Å². The molecule has 0 aliphatic heterocycles. The van der Waals surface area contributed by atoms with Crippen molar-refractivity contribution in [2.45, 2.75) is 140 Å². The molecule has 12 N–H and O–H groups in total. The molecule has 6 aromatic heterocycles. The number of amides is 9. The molecule has 1 fully saturated rings. The number of ether oxygens (including phenoxy) is 6. The Morgan fingerprint density at radius 3 is 0.932 bits per heavy atom. The zero-order valence-electron chi connectivity index (χ0n) is 80.9. The fourth-order valence-electron chi connectivity index (χ4n) is 14.3. The van der Waals surface area contributed by atoms with Crippen LogP contribution >= 0.6 is 23.5 Å². The van der Waals surface area contributed by atoms with Crippen molar-refractivity contribution in [3.05, 3.63) is 248 Å². The van der Waals surface area contributed by atoms with Crippen LogP contribution in [0, 0.1) is 41.5 Å². The molecule has 1 saturated carbocycles. The van der Waals surface area contributed by atoms with Gasteiger partial charge in [-0.3, -0.25) is 72.5 Å². The molecule has 0 saturated heterocycles. The fourth-order valence-corrected chi connectivity index (χ4v) is 15.4. The van der Waals surface area contributed by atoms with Gasteiger partial charge in [0.05, 0.1) is 36.0 Å². The molecule has 12 aromatic rings. The molecule has 146 heavy (non-hydrogen) atoms. The first-order chi connectivity index (χ1) is 69.4. The minimum atomic E-state index is -4.72. The SMILES string of the molecule is CCCN(C(=O)OCOC(=O)Cc1ccc(OP(=O)(O)O)cc1)C(=O)c1cn2ncnc(Nc3cc(C(=O)NC4CC4)ccc3C)c2c1C.CCCN(C(=O)OCOC(=O)Cc1ccc(OP(=O)(O)O)cc1)C(=O)c1cn2ncnc(Nc3cc(C(=O)NCC)ccc3C)c2c1C.CCCNC(=O)c1ccc(C)c(Nc2ncnn3cc(C(=O)N(CCC)C(=O)OCOC(=O)Cc4ccc(OP(=O)(O)O)cc4)c(C)c23)c1. The Bertz CT molecular complexity index is 7000. The lowest BCUT2D eigenvalue weighted by Gasteiger charge is -2.19. The number of hydrogen-bond acceptors (Lipinski definition) is 33. The van der Waals surface area contributed by atoms with E-state index < -0.39 is 97.8 Å². The number of phosphoric ester groups is 3. The highest BCUT2D eigenvalue weighted by Crippen LogP contribution is 2.41. The molecule has 0 radical (unpaired) electrons. The van der Waals surface area contributed by atoms with Gasteiger partial charge in [-0.25, -0.2) is 71.3 Å². The molecule has 1 aliphatic carbocycles. The molecular weight excluding hydrogens is 1970 g/mol. The van der Waals surface area contributed by atoms with E-state index in [2.05, 4.69) is 75.7 Å². The van der Waals surface area contributed by atoms with Gasteiger partial charge in [0.1, 0.15) is 52.8 Å². The molecule has 48 nitrogen and oxygen atoms in total. The summed E-state index contributed by atoms with van der Waals surface area (Å²) in [6.07, 6.45) is 8.64. The van der Waals surface area contributed by atoms with Gasteiger partial charge in [0, 0.05) is 91.1 Å². The molecule has 772 valence electrons. The first-order valence-electron chi connectivity index (χ1n) is 45.4. The molecule has 51 heteroatoms. The van der Waals surface area contributed by atoms with E-state index >= 15 is 0 Å². The first kappa shape index (κ1) is 110. The van der Waals surface area contributed by atoms with Gasteiger partial charge in [-0.05, 0) is 210 Å². The number of aryl methyl sites for hydroxylation is 6. The van der Waals surface area contributed by atoms with E-state index in [9.17, 15) is 71.2 Å². The molecule has 1 aliphatic rings. The number of anilines is 6. The topological polar surface area (TPSA) is 633 Å². The molecule has 0 unspecified atom stereocenters. The smallest absolute Gasteiger partial charge is 0.428 e.